The average molecular weight is 589 g/mol. The summed E-state index contributed by atoms with van der Waals surface area (Å²) in [7, 11) is -3.44. The number of aromatic nitrogens is 4. The van der Waals surface area contributed by atoms with E-state index in [1.165, 1.54) is 22.5 Å². The Morgan fingerprint density at radius 3 is 2.74 bits per heavy atom. The maximum atomic E-state index is 14.7. The van der Waals surface area contributed by atoms with Crippen LogP contribution in [0.15, 0.2) is 48.8 Å². The Kier molecular flexibility index (Phi) is 6.31. The average Bonchev–Trinajstić information content (AvgIpc) is 3.56. The molecule has 2 N–H and O–H groups in total. The highest BCUT2D eigenvalue weighted by atomic mass is 32.2. The first-order valence-electron chi connectivity index (χ1n) is 13.8. The molecule has 4 aromatic heterocycles. The van der Waals surface area contributed by atoms with Gasteiger partial charge in [0.1, 0.15) is 17.3 Å². The van der Waals surface area contributed by atoms with Crippen molar-refractivity contribution in [2.45, 2.75) is 31.3 Å². The summed E-state index contributed by atoms with van der Waals surface area (Å²) in [5, 5.41) is 7.16. The number of carbonyl (C=O) groups excluding carboxylic acids is 1. The van der Waals surface area contributed by atoms with Crippen molar-refractivity contribution in [3.8, 4) is 11.4 Å². The number of sulfonamides is 1. The number of piperazine rings is 1. The van der Waals surface area contributed by atoms with E-state index >= 15 is 0 Å². The van der Waals surface area contributed by atoms with Crippen LogP contribution in [0.1, 0.15) is 34.6 Å². The van der Waals surface area contributed by atoms with E-state index < -0.39 is 15.9 Å². The van der Waals surface area contributed by atoms with Crippen LogP contribution >= 0.6 is 0 Å². The minimum atomic E-state index is -3.44. The number of carbonyl (C=O) groups is 1. The molecule has 1 spiro atoms. The number of nitrogens with one attached hydrogen (secondary N) is 2. The van der Waals surface area contributed by atoms with Crippen LogP contribution < -0.4 is 19.8 Å². The zero-order valence-electron chi connectivity index (χ0n) is 23.0. The number of hydrogen-bond acceptors (Lipinski definition) is 9. The number of hydrogen-bond donors (Lipinski definition) is 2. The third-order valence-corrected chi connectivity index (χ3v) is 9.28. The van der Waals surface area contributed by atoms with E-state index in [0.29, 0.717) is 47.1 Å². The van der Waals surface area contributed by atoms with Gasteiger partial charge in [-0.15, -0.1) is 0 Å². The normalized spacial score (nSPS) is 17.5. The molecule has 2 fully saturated rings. The van der Waals surface area contributed by atoms with Crippen LogP contribution in [0.5, 0.6) is 0 Å². The first kappa shape index (κ1) is 26.7. The lowest BCUT2D eigenvalue weighted by atomic mass is 10.1. The second-order valence-corrected chi connectivity index (χ2v) is 13.1. The van der Waals surface area contributed by atoms with Crippen LogP contribution in [0.4, 0.5) is 15.9 Å². The largest absolute Gasteiger partial charge is 0.353 e. The van der Waals surface area contributed by atoms with Crippen LogP contribution in [0, 0.1) is 5.82 Å². The number of fused-ring (bicyclic) bond motifs is 2. The number of nitrogens with zero attached hydrogens (tertiary/aromatic N) is 6. The van der Waals surface area contributed by atoms with Gasteiger partial charge in [0.15, 0.2) is 0 Å². The fourth-order valence-electron chi connectivity index (χ4n) is 5.68. The summed E-state index contributed by atoms with van der Waals surface area (Å²) >= 11 is 0. The standard InChI is InChI=1S/C29H29FN8O3S/c1-42(40,41)38-8-4-19-15-32-25(13-26(19)38)28(39)33-16-21-12-23-18(14-31-21)2-3-22(35-23)24-10-20(30)11-27(36-24)37-9-7-34-29(17-37)5-6-29/h2-3,10-15,34H,4-9,16-17H2,1H3,(H,33,39). The van der Waals surface area contributed by atoms with E-state index in [2.05, 4.69) is 25.5 Å². The lowest BCUT2D eigenvalue weighted by Gasteiger charge is -2.35. The molecule has 11 nitrogen and oxygen atoms in total. The Morgan fingerprint density at radius 1 is 1.07 bits per heavy atom. The molecule has 0 aromatic carbocycles. The molecule has 13 heteroatoms. The minimum Gasteiger partial charge on any atom is -0.353 e. The van der Waals surface area contributed by atoms with E-state index in [4.69, 9.17) is 9.97 Å². The monoisotopic (exact) mass is 588 g/mol. The summed E-state index contributed by atoms with van der Waals surface area (Å²) in [6.07, 6.45) is 7.17. The molecule has 0 bridgehead atoms. The molecule has 0 atom stereocenters. The van der Waals surface area contributed by atoms with Crippen LogP contribution in [0.2, 0.25) is 0 Å². The molecule has 1 saturated heterocycles. The number of amides is 1. The Labute approximate surface area is 242 Å². The van der Waals surface area contributed by atoms with E-state index in [9.17, 15) is 17.6 Å². The lowest BCUT2D eigenvalue weighted by molar-refractivity contribution is 0.0945. The van der Waals surface area contributed by atoms with Gasteiger partial charge in [-0.05, 0) is 49.1 Å². The van der Waals surface area contributed by atoms with Crippen molar-refractivity contribution in [2.75, 3.05) is 41.6 Å². The molecule has 42 heavy (non-hydrogen) atoms. The third kappa shape index (κ3) is 5.13. The third-order valence-electron chi connectivity index (χ3n) is 8.10. The second-order valence-electron chi connectivity index (χ2n) is 11.2. The smallest absolute Gasteiger partial charge is 0.270 e. The molecule has 1 amide bonds. The molecule has 6 heterocycles. The topological polar surface area (TPSA) is 133 Å². The fourth-order valence-corrected chi connectivity index (χ4v) is 6.63. The first-order chi connectivity index (χ1) is 20.2. The van der Waals surface area contributed by atoms with Crippen LogP contribution in [-0.2, 0) is 23.0 Å². The van der Waals surface area contributed by atoms with Gasteiger partial charge < -0.3 is 15.5 Å². The van der Waals surface area contributed by atoms with Gasteiger partial charge in [-0.25, -0.2) is 22.8 Å². The Morgan fingerprint density at radius 2 is 1.93 bits per heavy atom. The van der Waals surface area contributed by atoms with Crippen LogP contribution in [-0.4, -0.2) is 72.2 Å². The molecule has 3 aliphatic rings. The highest BCUT2D eigenvalue weighted by Crippen LogP contribution is 2.39. The zero-order chi connectivity index (χ0) is 29.1. The number of pyridine rings is 4. The van der Waals surface area contributed by atoms with Crippen molar-refractivity contribution in [1.82, 2.24) is 30.6 Å². The first-order valence-corrected chi connectivity index (χ1v) is 15.7. The summed E-state index contributed by atoms with van der Waals surface area (Å²) in [4.78, 5) is 33.2. The summed E-state index contributed by atoms with van der Waals surface area (Å²) in [5.74, 6) is -0.199. The molecule has 0 unspecified atom stereocenters. The summed E-state index contributed by atoms with van der Waals surface area (Å²) < 4.78 is 40.2. The molecule has 216 valence electrons. The summed E-state index contributed by atoms with van der Waals surface area (Å²) in [6.45, 7) is 2.87. The highest BCUT2D eigenvalue weighted by Gasteiger charge is 2.45. The molecule has 1 saturated carbocycles. The predicted molar refractivity (Wildman–Crippen MR) is 156 cm³/mol. The molecule has 2 aliphatic heterocycles. The van der Waals surface area contributed by atoms with Gasteiger partial charge in [-0.3, -0.25) is 19.1 Å². The summed E-state index contributed by atoms with van der Waals surface area (Å²) in [6, 6.07) is 9.82. The van der Waals surface area contributed by atoms with Gasteiger partial charge >= 0.3 is 0 Å². The second kappa shape index (κ2) is 9.95. The quantitative estimate of drug-likeness (QED) is 0.348. The molecule has 4 aromatic rings. The zero-order valence-corrected chi connectivity index (χ0v) is 23.8. The fraction of sp³-hybridized carbons (Fsp3) is 0.345. The lowest BCUT2D eigenvalue weighted by Crippen LogP contribution is -2.52. The maximum absolute atomic E-state index is 14.7. The highest BCUT2D eigenvalue weighted by molar-refractivity contribution is 7.92. The van der Waals surface area contributed by atoms with Crippen LogP contribution in [0.25, 0.3) is 22.3 Å². The van der Waals surface area contributed by atoms with Crippen molar-refractivity contribution in [2.24, 2.45) is 0 Å². The van der Waals surface area contributed by atoms with Crippen molar-refractivity contribution in [3.63, 3.8) is 0 Å². The van der Waals surface area contributed by atoms with E-state index in [1.54, 1.807) is 24.5 Å². The SMILES string of the molecule is CS(=O)(=O)N1CCc2cnc(C(=O)NCc3cc4nc(-c5cc(F)cc(N6CCNC7(CC7)C6)n5)ccc4cn3)cc21. The van der Waals surface area contributed by atoms with Gasteiger partial charge in [0.2, 0.25) is 10.0 Å². The van der Waals surface area contributed by atoms with E-state index in [0.717, 1.165) is 49.7 Å². The number of halogens is 1. The van der Waals surface area contributed by atoms with Gasteiger partial charge in [0.05, 0.1) is 41.1 Å². The molecule has 7 rings (SSSR count). The Balaban J connectivity index is 1.09. The number of rotatable bonds is 6. The van der Waals surface area contributed by atoms with Gasteiger partial charge in [0.25, 0.3) is 5.91 Å². The van der Waals surface area contributed by atoms with Gasteiger partial charge in [-0.1, -0.05) is 0 Å². The van der Waals surface area contributed by atoms with E-state index in [1.807, 2.05) is 6.07 Å². The van der Waals surface area contributed by atoms with Crippen molar-refractivity contribution in [3.05, 3.63) is 71.6 Å². The summed E-state index contributed by atoms with van der Waals surface area (Å²) in [5.41, 5.74) is 3.73. The van der Waals surface area contributed by atoms with Crippen molar-refractivity contribution in [1.29, 1.82) is 0 Å². The number of anilines is 2. The molecular weight excluding hydrogens is 559 g/mol. The van der Waals surface area contributed by atoms with Crippen LogP contribution in [0.3, 0.4) is 0 Å². The minimum absolute atomic E-state index is 0.113. The van der Waals surface area contributed by atoms with Gasteiger partial charge in [0, 0.05) is 61.6 Å². The van der Waals surface area contributed by atoms with Crippen molar-refractivity contribution >= 4 is 38.3 Å². The Hall–Kier alpha value is -4.23. The van der Waals surface area contributed by atoms with Gasteiger partial charge in [-0.2, -0.15) is 0 Å². The van der Waals surface area contributed by atoms with E-state index in [-0.39, 0.29) is 23.6 Å². The molecular formula is C29H29FN8O3S. The Bertz CT molecular complexity index is 1850. The van der Waals surface area contributed by atoms with Crippen molar-refractivity contribution < 1.29 is 17.6 Å². The molecule has 0 radical (unpaired) electrons. The predicted octanol–water partition coefficient (Wildman–Crippen LogP) is 2.42. The maximum Gasteiger partial charge on any atom is 0.270 e. The molecule has 1 aliphatic carbocycles.